The fraction of sp³-hybridized carbons (Fsp3) is 0.867. The Morgan fingerprint density at radius 1 is 1.19 bits per heavy atom. The molecule has 3 aliphatic rings. The number of fused-ring (bicyclic) bond motifs is 3. The van der Waals surface area contributed by atoms with Crippen molar-refractivity contribution in [1.29, 1.82) is 0 Å². The van der Waals surface area contributed by atoms with Crippen LogP contribution in [-0.2, 0) is 0 Å². The summed E-state index contributed by atoms with van der Waals surface area (Å²) in [5.74, 6) is 2.67. The number of hydrogen-bond acceptors (Lipinski definition) is 1. The van der Waals surface area contributed by atoms with Gasteiger partial charge in [0, 0.05) is 0 Å². The van der Waals surface area contributed by atoms with Crippen molar-refractivity contribution in [2.75, 3.05) is 0 Å². The van der Waals surface area contributed by atoms with Crippen molar-refractivity contribution in [3.05, 3.63) is 12.2 Å². The molecule has 0 aliphatic heterocycles. The Bertz CT molecular complexity index is 339. The molecule has 0 saturated heterocycles. The summed E-state index contributed by atoms with van der Waals surface area (Å²) in [6, 6.07) is 0. The van der Waals surface area contributed by atoms with Crippen molar-refractivity contribution < 1.29 is 5.11 Å². The molecule has 0 radical (unpaired) electrons. The zero-order valence-corrected chi connectivity index (χ0v) is 10.8. The summed E-state index contributed by atoms with van der Waals surface area (Å²) < 4.78 is 0. The molecule has 90 valence electrons. The first kappa shape index (κ1) is 10.8. The molecule has 0 spiro atoms. The van der Waals surface area contributed by atoms with Gasteiger partial charge in [-0.3, -0.25) is 0 Å². The first-order chi connectivity index (χ1) is 7.36. The molecule has 0 bridgehead atoms. The van der Waals surface area contributed by atoms with Crippen LogP contribution in [0.25, 0.3) is 0 Å². The van der Waals surface area contributed by atoms with Crippen molar-refractivity contribution >= 4 is 0 Å². The summed E-state index contributed by atoms with van der Waals surface area (Å²) in [7, 11) is 0. The van der Waals surface area contributed by atoms with Gasteiger partial charge in [-0.2, -0.15) is 0 Å². The maximum Gasteiger partial charge on any atom is 0.0656 e. The first-order valence-corrected chi connectivity index (χ1v) is 6.76. The van der Waals surface area contributed by atoms with Crippen LogP contribution in [-0.4, -0.2) is 10.7 Å². The molecule has 1 nitrogen and oxygen atoms in total. The summed E-state index contributed by atoms with van der Waals surface area (Å²) >= 11 is 0. The highest BCUT2D eigenvalue weighted by molar-refractivity contribution is 5.22. The van der Waals surface area contributed by atoms with Gasteiger partial charge < -0.3 is 5.11 Å². The van der Waals surface area contributed by atoms with Crippen molar-refractivity contribution in [1.82, 2.24) is 0 Å². The van der Waals surface area contributed by atoms with Crippen LogP contribution in [0.3, 0.4) is 0 Å². The summed E-state index contributed by atoms with van der Waals surface area (Å²) in [5.41, 5.74) is 1.46. The smallest absolute Gasteiger partial charge is 0.0656 e. The van der Waals surface area contributed by atoms with Crippen molar-refractivity contribution in [3.8, 4) is 0 Å². The fourth-order valence-electron chi connectivity index (χ4n) is 4.90. The van der Waals surface area contributed by atoms with E-state index in [4.69, 9.17) is 0 Å². The molecule has 16 heavy (non-hydrogen) atoms. The van der Waals surface area contributed by atoms with Gasteiger partial charge in [-0.15, -0.1) is 0 Å². The third-order valence-electron chi connectivity index (χ3n) is 5.94. The van der Waals surface area contributed by atoms with Gasteiger partial charge in [-0.25, -0.2) is 0 Å². The minimum Gasteiger partial charge on any atom is -0.390 e. The normalized spacial score (nSPS) is 54.1. The Morgan fingerprint density at radius 3 is 2.56 bits per heavy atom. The standard InChI is InChI=1S/C15H24O/c1-9-5-6-11-13(14(11,2)3)12-10(9)7-8-15(12,4)16/h10-13,16H,1,5-8H2,2-4H3/t10?,11?,12?,13?,15-/m1/s1. The van der Waals surface area contributed by atoms with E-state index in [1.165, 1.54) is 18.4 Å². The second-order valence-electron chi connectivity index (χ2n) is 7.18. The van der Waals surface area contributed by atoms with Crippen LogP contribution in [0.5, 0.6) is 0 Å². The van der Waals surface area contributed by atoms with E-state index in [0.29, 0.717) is 17.3 Å². The molecular weight excluding hydrogens is 196 g/mol. The minimum atomic E-state index is -0.436. The van der Waals surface area contributed by atoms with Crippen LogP contribution >= 0.6 is 0 Å². The van der Waals surface area contributed by atoms with E-state index in [0.717, 1.165) is 24.7 Å². The second kappa shape index (κ2) is 2.93. The van der Waals surface area contributed by atoms with Gasteiger partial charge in [-0.05, 0) is 61.7 Å². The molecule has 0 aromatic rings. The quantitative estimate of drug-likeness (QED) is 0.620. The highest BCUT2D eigenvalue weighted by Crippen LogP contribution is 2.71. The van der Waals surface area contributed by atoms with E-state index in [2.05, 4.69) is 27.4 Å². The van der Waals surface area contributed by atoms with E-state index in [-0.39, 0.29) is 0 Å². The number of allylic oxidation sites excluding steroid dienone is 1. The van der Waals surface area contributed by atoms with E-state index >= 15 is 0 Å². The Labute approximate surface area is 98.9 Å². The van der Waals surface area contributed by atoms with Crippen molar-refractivity contribution in [2.45, 2.75) is 52.1 Å². The topological polar surface area (TPSA) is 20.2 Å². The van der Waals surface area contributed by atoms with Crippen LogP contribution in [0.2, 0.25) is 0 Å². The molecule has 0 aromatic carbocycles. The minimum absolute atomic E-state index is 0.436. The molecule has 1 N–H and O–H groups in total. The number of rotatable bonds is 0. The Balaban J connectivity index is 1.98. The van der Waals surface area contributed by atoms with Gasteiger partial charge in [0.05, 0.1) is 5.60 Å². The lowest BCUT2D eigenvalue weighted by molar-refractivity contribution is -0.00137. The van der Waals surface area contributed by atoms with Gasteiger partial charge in [0.15, 0.2) is 0 Å². The highest BCUT2D eigenvalue weighted by atomic mass is 16.3. The molecule has 5 atom stereocenters. The molecule has 0 heterocycles. The molecule has 3 fully saturated rings. The molecule has 0 aromatic heterocycles. The predicted octanol–water partition coefficient (Wildman–Crippen LogP) is 3.39. The lowest BCUT2D eigenvalue weighted by Crippen LogP contribution is -2.34. The average molecular weight is 220 g/mol. The largest absolute Gasteiger partial charge is 0.390 e. The van der Waals surface area contributed by atoms with Gasteiger partial charge in [0.1, 0.15) is 0 Å². The molecule has 3 saturated carbocycles. The maximum atomic E-state index is 10.6. The zero-order chi connectivity index (χ0) is 11.7. The first-order valence-electron chi connectivity index (χ1n) is 6.76. The predicted molar refractivity (Wildman–Crippen MR) is 66.0 cm³/mol. The maximum absolute atomic E-state index is 10.6. The molecule has 0 amide bonds. The molecule has 3 rings (SSSR count). The second-order valence-corrected chi connectivity index (χ2v) is 7.18. The Kier molecular flexibility index (Phi) is 1.98. The Hall–Kier alpha value is -0.300. The summed E-state index contributed by atoms with van der Waals surface area (Å²) in [5, 5.41) is 10.6. The monoisotopic (exact) mass is 220 g/mol. The van der Waals surface area contributed by atoms with Crippen LogP contribution < -0.4 is 0 Å². The average Bonchev–Trinajstić information content (AvgIpc) is 2.61. The fourth-order valence-corrected chi connectivity index (χ4v) is 4.90. The summed E-state index contributed by atoms with van der Waals surface area (Å²) in [6.07, 6.45) is 4.64. The van der Waals surface area contributed by atoms with Crippen molar-refractivity contribution in [3.63, 3.8) is 0 Å². The molecule has 1 heteroatoms. The lowest BCUT2D eigenvalue weighted by Gasteiger charge is -2.31. The van der Waals surface area contributed by atoms with Gasteiger partial charge in [0.25, 0.3) is 0 Å². The zero-order valence-electron chi connectivity index (χ0n) is 10.8. The number of hydrogen-bond donors (Lipinski definition) is 1. The SMILES string of the molecule is C=C1CCC2C(C3C1CC[C@@]3(C)O)C2(C)C. The summed E-state index contributed by atoms with van der Waals surface area (Å²) in [4.78, 5) is 0. The van der Waals surface area contributed by atoms with E-state index in [9.17, 15) is 5.11 Å². The van der Waals surface area contributed by atoms with E-state index < -0.39 is 5.60 Å². The highest BCUT2D eigenvalue weighted by Gasteiger charge is 2.67. The van der Waals surface area contributed by atoms with Gasteiger partial charge >= 0.3 is 0 Å². The van der Waals surface area contributed by atoms with E-state index in [1.54, 1.807) is 0 Å². The van der Waals surface area contributed by atoms with Crippen LogP contribution in [0.15, 0.2) is 12.2 Å². The lowest BCUT2D eigenvalue weighted by atomic mass is 9.78. The van der Waals surface area contributed by atoms with Crippen LogP contribution in [0, 0.1) is 29.1 Å². The van der Waals surface area contributed by atoms with E-state index in [1.807, 2.05) is 0 Å². The van der Waals surface area contributed by atoms with Gasteiger partial charge in [-0.1, -0.05) is 26.0 Å². The Morgan fingerprint density at radius 2 is 1.88 bits per heavy atom. The third kappa shape index (κ3) is 1.21. The third-order valence-corrected chi connectivity index (χ3v) is 5.94. The van der Waals surface area contributed by atoms with Crippen molar-refractivity contribution in [2.24, 2.45) is 29.1 Å². The molecule has 3 aliphatic carbocycles. The van der Waals surface area contributed by atoms with Crippen LogP contribution in [0.4, 0.5) is 0 Å². The molecule has 4 unspecified atom stereocenters. The number of aliphatic hydroxyl groups is 1. The summed E-state index contributed by atoms with van der Waals surface area (Å²) in [6.45, 7) is 11.1. The van der Waals surface area contributed by atoms with Crippen LogP contribution in [0.1, 0.15) is 46.5 Å². The van der Waals surface area contributed by atoms with Gasteiger partial charge in [0.2, 0.25) is 0 Å². The molecular formula is C15H24O.